The van der Waals surface area contributed by atoms with Crippen LogP contribution in [0.15, 0.2) is 27.2 Å². The molecule has 3 aromatic rings. The molecule has 3 rings (SSSR count). The average Bonchev–Trinajstić information content (AvgIpc) is 3.03. The molecule has 0 fully saturated rings. The molecule has 0 saturated carbocycles. The molecule has 1 N–H and O–H groups in total. The molecule has 5 nitrogen and oxygen atoms in total. The first-order chi connectivity index (χ1) is 10.1. The van der Waals surface area contributed by atoms with E-state index in [2.05, 4.69) is 35.8 Å². The molecule has 0 radical (unpaired) electrons. The lowest BCUT2D eigenvalue weighted by atomic mass is 10.2. The fourth-order valence-electron chi connectivity index (χ4n) is 1.92. The van der Waals surface area contributed by atoms with Crippen molar-refractivity contribution in [3.05, 3.63) is 34.2 Å². The minimum absolute atomic E-state index is 0.331. The van der Waals surface area contributed by atoms with Crippen LogP contribution in [0.2, 0.25) is 0 Å². The second kappa shape index (κ2) is 5.53. The van der Waals surface area contributed by atoms with Gasteiger partial charge in [0.05, 0.1) is 11.3 Å². The Bertz CT molecular complexity index is 781. The number of benzene rings is 1. The first-order valence-electron chi connectivity index (χ1n) is 6.03. The summed E-state index contributed by atoms with van der Waals surface area (Å²) in [5, 5.41) is 7.81. The van der Waals surface area contributed by atoms with E-state index in [1.54, 1.807) is 13.1 Å². The van der Waals surface area contributed by atoms with Crippen molar-refractivity contribution in [2.24, 2.45) is 0 Å². The molecule has 8 heteroatoms. The highest BCUT2D eigenvalue weighted by molar-refractivity contribution is 9.10. The van der Waals surface area contributed by atoms with Gasteiger partial charge in [-0.05, 0) is 36.7 Å². The number of rotatable bonds is 3. The minimum atomic E-state index is -0.366. The zero-order valence-corrected chi connectivity index (χ0v) is 13.5. The quantitative estimate of drug-likeness (QED) is 0.753. The van der Waals surface area contributed by atoms with Crippen LogP contribution in [0.25, 0.3) is 22.8 Å². The zero-order valence-electron chi connectivity index (χ0n) is 11.1. The van der Waals surface area contributed by atoms with E-state index in [0.717, 1.165) is 16.3 Å². The van der Waals surface area contributed by atoms with Crippen LogP contribution in [0, 0.1) is 12.7 Å². The SMILES string of the molecule is CNc1snc(C)c1-c1nc(-c2cc(F)cc(Br)c2)no1. The summed E-state index contributed by atoms with van der Waals surface area (Å²) in [7, 11) is 1.80. The molecule has 0 atom stereocenters. The standard InChI is InChI=1S/C13H10BrFN4OS/c1-6-10(13(16-2)21-19-6)12-17-11(18-20-12)7-3-8(14)5-9(15)4-7/h3-5,16H,1-2H3. The van der Waals surface area contributed by atoms with Gasteiger partial charge in [-0.3, -0.25) is 0 Å². The van der Waals surface area contributed by atoms with E-state index in [1.807, 2.05) is 6.92 Å². The Hall–Kier alpha value is -1.80. The first kappa shape index (κ1) is 14.2. The van der Waals surface area contributed by atoms with Crippen molar-refractivity contribution in [3.63, 3.8) is 0 Å². The predicted molar refractivity (Wildman–Crippen MR) is 82.8 cm³/mol. The highest BCUT2D eigenvalue weighted by Crippen LogP contribution is 2.34. The highest BCUT2D eigenvalue weighted by atomic mass is 79.9. The summed E-state index contributed by atoms with van der Waals surface area (Å²) >= 11 is 4.57. The Labute approximate surface area is 132 Å². The van der Waals surface area contributed by atoms with Gasteiger partial charge in [-0.2, -0.15) is 9.36 Å². The Balaban J connectivity index is 2.05. The molecule has 0 bridgehead atoms. The van der Waals surface area contributed by atoms with Gasteiger partial charge in [0, 0.05) is 17.1 Å². The van der Waals surface area contributed by atoms with Gasteiger partial charge >= 0.3 is 0 Å². The van der Waals surface area contributed by atoms with E-state index < -0.39 is 0 Å². The van der Waals surface area contributed by atoms with Crippen LogP contribution in [0.3, 0.4) is 0 Å². The van der Waals surface area contributed by atoms with E-state index in [1.165, 1.54) is 23.7 Å². The number of halogens is 2. The highest BCUT2D eigenvalue weighted by Gasteiger charge is 2.19. The Morgan fingerprint density at radius 1 is 1.33 bits per heavy atom. The van der Waals surface area contributed by atoms with Crippen LogP contribution >= 0.6 is 27.5 Å². The van der Waals surface area contributed by atoms with Crippen LogP contribution in [-0.2, 0) is 0 Å². The van der Waals surface area contributed by atoms with Gasteiger partial charge in [-0.15, -0.1) is 0 Å². The second-order valence-corrected chi connectivity index (χ2v) is 5.99. The van der Waals surface area contributed by atoms with Crippen molar-refractivity contribution in [1.82, 2.24) is 14.5 Å². The van der Waals surface area contributed by atoms with Gasteiger partial charge in [0.1, 0.15) is 10.8 Å². The van der Waals surface area contributed by atoms with E-state index in [4.69, 9.17) is 4.52 Å². The molecule has 0 unspecified atom stereocenters. The fraction of sp³-hybridized carbons (Fsp3) is 0.154. The molecule has 21 heavy (non-hydrogen) atoms. The molecule has 1 aromatic carbocycles. The van der Waals surface area contributed by atoms with E-state index in [0.29, 0.717) is 21.8 Å². The third kappa shape index (κ3) is 2.68. The smallest absolute Gasteiger partial charge is 0.263 e. The monoisotopic (exact) mass is 368 g/mol. The van der Waals surface area contributed by atoms with Crippen molar-refractivity contribution in [1.29, 1.82) is 0 Å². The van der Waals surface area contributed by atoms with E-state index in [9.17, 15) is 4.39 Å². The third-order valence-electron chi connectivity index (χ3n) is 2.85. The van der Waals surface area contributed by atoms with Crippen molar-refractivity contribution in [2.45, 2.75) is 6.92 Å². The minimum Gasteiger partial charge on any atom is -0.378 e. The number of nitrogens with one attached hydrogen (secondary N) is 1. The van der Waals surface area contributed by atoms with E-state index >= 15 is 0 Å². The number of hydrogen-bond donors (Lipinski definition) is 1. The molecule has 0 amide bonds. The summed E-state index contributed by atoms with van der Waals surface area (Å²) in [6.07, 6.45) is 0. The van der Waals surface area contributed by atoms with Crippen LogP contribution in [0.5, 0.6) is 0 Å². The Morgan fingerprint density at radius 3 is 2.86 bits per heavy atom. The van der Waals surface area contributed by atoms with Crippen LogP contribution in [0.1, 0.15) is 5.69 Å². The maximum absolute atomic E-state index is 13.4. The maximum atomic E-state index is 13.4. The van der Waals surface area contributed by atoms with Crippen LogP contribution in [0.4, 0.5) is 9.39 Å². The molecule has 0 spiro atoms. The van der Waals surface area contributed by atoms with Crippen LogP contribution < -0.4 is 5.32 Å². The van der Waals surface area contributed by atoms with E-state index in [-0.39, 0.29) is 5.82 Å². The lowest BCUT2D eigenvalue weighted by molar-refractivity contribution is 0.432. The number of hydrogen-bond acceptors (Lipinski definition) is 6. The third-order valence-corrected chi connectivity index (χ3v) is 4.26. The molecule has 2 heterocycles. The number of aromatic nitrogens is 3. The lowest BCUT2D eigenvalue weighted by Gasteiger charge is -1.97. The van der Waals surface area contributed by atoms with Gasteiger partial charge in [0.2, 0.25) is 5.82 Å². The summed E-state index contributed by atoms with van der Waals surface area (Å²) in [6.45, 7) is 1.87. The molecule has 108 valence electrons. The number of anilines is 1. The number of nitrogens with zero attached hydrogens (tertiary/aromatic N) is 3. The van der Waals surface area contributed by atoms with Gasteiger partial charge in [0.25, 0.3) is 5.89 Å². The second-order valence-electron chi connectivity index (χ2n) is 4.30. The van der Waals surface area contributed by atoms with Gasteiger partial charge in [0.15, 0.2) is 0 Å². The predicted octanol–water partition coefficient (Wildman–Crippen LogP) is 4.11. The molecule has 0 aliphatic carbocycles. The van der Waals surface area contributed by atoms with Crippen LogP contribution in [-0.4, -0.2) is 21.6 Å². The first-order valence-corrected chi connectivity index (χ1v) is 7.59. The normalized spacial score (nSPS) is 10.9. The molecule has 0 aliphatic rings. The molecule has 0 aliphatic heterocycles. The largest absolute Gasteiger partial charge is 0.378 e. The van der Waals surface area contributed by atoms with Gasteiger partial charge < -0.3 is 9.84 Å². The zero-order chi connectivity index (χ0) is 15.0. The van der Waals surface area contributed by atoms with Crippen molar-refractivity contribution >= 4 is 32.5 Å². The molecular formula is C13H10BrFN4OS. The lowest BCUT2D eigenvalue weighted by Crippen LogP contribution is -1.89. The summed E-state index contributed by atoms with van der Waals surface area (Å²) < 4.78 is 23.6. The van der Waals surface area contributed by atoms with Gasteiger partial charge in [-0.1, -0.05) is 21.1 Å². The molecule has 0 saturated heterocycles. The Morgan fingerprint density at radius 2 is 2.14 bits per heavy atom. The topological polar surface area (TPSA) is 63.8 Å². The summed E-state index contributed by atoms with van der Waals surface area (Å²) in [6, 6.07) is 4.46. The maximum Gasteiger partial charge on any atom is 0.263 e. The average molecular weight is 369 g/mol. The van der Waals surface area contributed by atoms with Gasteiger partial charge in [-0.25, -0.2) is 4.39 Å². The number of aryl methyl sites for hydroxylation is 1. The van der Waals surface area contributed by atoms with Crippen molar-refractivity contribution in [2.75, 3.05) is 12.4 Å². The Kier molecular flexibility index (Phi) is 3.73. The molecule has 2 aromatic heterocycles. The summed E-state index contributed by atoms with van der Waals surface area (Å²) in [5.74, 6) is 0.328. The molecular weight excluding hydrogens is 359 g/mol. The van der Waals surface area contributed by atoms with Crippen molar-refractivity contribution in [3.8, 4) is 22.8 Å². The summed E-state index contributed by atoms with van der Waals surface area (Å²) in [4.78, 5) is 4.34. The van der Waals surface area contributed by atoms with Crippen molar-refractivity contribution < 1.29 is 8.91 Å². The fourth-order valence-corrected chi connectivity index (χ4v) is 3.12. The summed E-state index contributed by atoms with van der Waals surface area (Å²) in [5.41, 5.74) is 2.13.